The van der Waals surface area contributed by atoms with Gasteiger partial charge in [-0.3, -0.25) is 0 Å². The largest absolute Gasteiger partial charge is 0.105 e. The minimum atomic E-state index is -0.0346. The van der Waals surface area contributed by atoms with Crippen LogP contribution in [0.2, 0.25) is 0 Å². The van der Waals surface area contributed by atoms with Crippen LogP contribution in [0.3, 0.4) is 0 Å². The highest BCUT2D eigenvalue weighted by Gasteiger charge is 2.33. The number of fused-ring (bicyclic) bond motifs is 13. The molecule has 0 N–H and O–H groups in total. The van der Waals surface area contributed by atoms with Gasteiger partial charge in [-0.2, -0.15) is 0 Å². The Morgan fingerprint density at radius 1 is 0.500 bits per heavy atom. The summed E-state index contributed by atoms with van der Waals surface area (Å²) in [5.41, 5.74) is 15.3. The van der Waals surface area contributed by atoms with E-state index in [1.54, 1.807) is 27.8 Å². The summed E-state index contributed by atoms with van der Waals surface area (Å²) in [6.45, 7) is 14.3. The van der Waals surface area contributed by atoms with Crippen LogP contribution in [0.4, 0.5) is 0 Å². The second-order valence-corrected chi connectivity index (χ2v) is 20.5. The number of benzene rings is 7. The van der Waals surface area contributed by atoms with Crippen molar-refractivity contribution in [3.63, 3.8) is 0 Å². The Kier molecular flexibility index (Phi) is 8.69. The van der Waals surface area contributed by atoms with Gasteiger partial charge in [-0.15, -0.1) is 15.8 Å². The van der Waals surface area contributed by atoms with Crippen LogP contribution in [-0.2, 0) is 18.5 Å². The molecule has 0 radical (unpaired) electrons. The maximum Gasteiger partial charge on any atom is -0.00496 e. The Balaban J connectivity index is 0.000000138. The van der Waals surface area contributed by atoms with E-state index in [-0.39, 0.29) is 15.8 Å². The molecule has 7 aromatic rings. The maximum atomic E-state index is 2.51. The topological polar surface area (TPSA) is 0 Å². The van der Waals surface area contributed by atoms with Gasteiger partial charge in [0, 0.05) is 0 Å². The molecule has 2 heterocycles. The summed E-state index contributed by atoms with van der Waals surface area (Å²) < 4.78 is 0. The first kappa shape index (κ1) is 33.7. The molecule has 3 aliphatic rings. The van der Waals surface area contributed by atoms with Crippen molar-refractivity contribution in [3.05, 3.63) is 165 Å². The first-order valence-corrected chi connectivity index (χ1v) is 23.3. The van der Waals surface area contributed by atoms with Gasteiger partial charge in [0.05, 0.1) is 0 Å². The highest BCUT2D eigenvalue weighted by Crippen LogP contribution is 2.53. The zero-order valence-electron chi connectivity index (χ0n) is 31.4. The van der Waals surface area contributed by atoms with Gasteiger partial charge in [0.2, 0.25) is 0 Å². The average molecular weight is 711 g/mol. The van der Waals surface area contributed by atoms with Crippen molar-refractivity contribution < 1.29 is 0 Å². The summed E-state index contributed by atoms with van der Waals surface area (Å²) in [6, 6.07) is 43.1. The van der Waals surface area contributed by atoms with E-state index in [0.29, 0.717) is 11.8 Å². The fourth-order valence-corrected chi connectivity index (χ4v) is 13.9. The standard InChI is InChI=1S/C25H25P.C25H23P/c2*1-16-12-18-8-4-6-10-20(18)24-22(16)14-26(3)15-23-17(2)13-19-9-5-7-11-21(19)25(23)24/h4-13,16,22H,14-15H2,1-3H3;4-13H,14-15H2,1-3H3/t16-,22?,26?;/m1./s1. The summed E-state index contributed by atoms with van der Waals surface area (Å²) in [4.78, 5) is 0. The van der Waals surface area contributed by atoms with Crippen LogP contribution in [0.15, 0.2) is 115 Å². The Hall–Kier alpha value is -4.08. The first-order valence-electron chi connectivity index (χ1n) is 19.0. The second-order valence-electron chi connectivity index (χ2n) is 15.8. The Morgan fingerprint density at radius 2 is 0.923 bits per heavy atom. The normalized spacial score (nSPS) is 19.3. The smallest absolute Gasteiger partial charge is 0.00496 e. The highest BCUT2D eigenvalue weighted by molar-refractivity contribution is 7.56. The molecule has 1 aliphatic carbocycles. The molecule has 0 spiro atoms. The molecular formula is C50H48P2. The van der Waals surface area contributed by atoms with E-state index in [1.807, 2.05) is 0 Å². The van der Waals surface area contributed by atoms with Crippen LogP contribution in [0.5, 0.6) is 0 Å². The minimum Gasteiger partial charge on any atom is -0.105 e. The summed E-state index contributed by atoms with van der Waals surface area (Å²) in [5, 5.41) is 11.3. The molecular weight excluding hydrogens is 662 g/mol. The lowest BCUT2D eigenvalue weighted by atomic mass is 9.76. The van der Waals surface area contributed by atoms with Crippen molar-refractivity contribution in [2.45, 2.75) is 46.2 Å². The van der Waals surface area contributed by atoms with Gasteiger partial charge in [-0.25, -0.2) is 0 Å². The van der Waals surface area contributed by atoms with Crippen molar-refractivity contribution in [3.8, 4) is 11.1 Å². The molecule has 2 heteroatoms. The lowest BCUT2D eigenvalue weighted by Crippen LogP contribution is -2.37. The number of hydrogen-bond acceptors (Lipinski definition) is 0. The van der Waals surface area contributed by atoms with Gasteiger partial charge in [-0.05, 0) is 169 Å². The van der Waals surface area contributed by atoms with Gasteiger partial charge in [-0.1, -0.05) is 128 Å². The maximum absolute atomic E-state index is 2.51. The molecule has 258 valence electrons. The number of aryl methyl sites for hydroxylation is 3. The van der Waals surface area contributed by atoms with Gasteiger partial charge >= 0.3 is 0 Å². The summed E-state index contributed by atoms with van der Waals surface area (Å²) in [5.74, 6) is 1.25. The van der Waals surface area contributed by atoms with Crippen LogP contribution in [0.1, 0.15) is 45.9 Å². The summed E-state index contributed by atoms with van der Waals surface area (Å²) in [6.07, 6.45) is 7.57. The van der Waals surface area contributed by atoms with E-state index in [0.717, 1.165) is 0 Å². The van der Waals surface area contributed by atoms with Gasteiger partial charge < -0.3 is 0 Å². The summed E-state index contributed by atoms with van der Waals surface area (Å²) in [7, 11) is -0.0114. The van der Waals surface area contributed by atoms with Gasteiger partial charge in [0.1, 0.15) is 0 Å². The van der Waals surface area contributed by atoms with Gasteiger partial charge in [0.25, 0.3) is 0 Å². The molecule has 0 aromatic heterocycles. The molecule has 7 aromatic carbocycles. The lowest BCUT2D eigenvalue weighted by Gasteiger charge is -2.29. The molecule has 0 saturated carbocycles. The molecule has 0 bridgehead atoms. The van der Waals surface area contributed by atoms with Crippen molar-refractivity contribution >= 4 is 59.8 Å². The molecule has 0 amide bonds. The monoisotopic (exact) mass is 710 g/mol. The van der Waals surface area contributed by atoms with E-state index >= 15 is 0 Å². The van der Waals surface area contributed by atoms with Crippen molar-refractivity contribution in [1.29, 1.82) is 0 Å². The average Bonchev–Trinajstić information content (AvgIpc) is 3.41. The molecule has 0 nitrogen and oxygen atoms in total. The predicted octanol–water partition coefficient (Wildman–Crippen LogP) is 12.4. The molecule has 2 unspecified atom stereocenters. The van der Waals surface area contributed by atoms with E-state index in [2.05, 4.69) is 162 Å². The Bertz CT molecular complexity index is 2590. The predicted molar refractivity (Wildman–Crippen MR) is 232 cm³/mol. The molecule has 0 fully saturated rings. The van der Waals surface area contributed by atoms with Crippen LogP contribution in [-0.4, -0.2) is 19.5 Å². The van der Waals surface area contributed by atoms with Crippen molar-refractivity contribution in [2.24, 2.45) is 11.8 Å². The zero-order valence-corrected chi connectivity index (χ0v) is 33.2. The van der Waals surface area contributed by atoms with Crippen LogP contribution in [0.25, 0.3) is 55.1 Å². The minimum absolute atomic E-state index is 0.0232. The van der Waals surface area contributed by atoms with Gasteiger partial charge in [0.15, 0.2) is 0 Å². The summed E-state index contributed by atoms with van der Waals surface area (Å²) >= 11 is 0. The van der Waals surface area contributed by atoms with Crippen molar-refractivity contribution in [2.75, 3.05) is 19.5 Å². The molecule has 52 heavy (non-hydrogen) atoms. The first-order chi connectivity index (χ1) is 25.3. The third-order valence-electron chi connectivity index (χ3n) is 12.2. The zero-order chi connectivity index (χ0) is 35.7. The van der Waals surface area contributed by atoms with Crippen LogP contribution < -0.4 is 10.4 Å². The third-order valence-corrected chi connectivity index (χ3v) is 15.7. The van der Waals surface area contributed by atoms with Crippen LogP contribution in [0, 0.1) is 32.6 Å². The van der Waals surface area contributed by atoms with Crippen LogP contribution >= 0.6 is 15.8 Å². The fraction of sp³-hybridized carbons (Fsp3) is 0.240. The molecule has 3 atom stereocenters. The third kappa shape index (κ3) is 5.66. The van der Waals surface area contributed by atoms with E-state index < -0.39 is 0 Å². The highest BCUT2D eigenvalue weighted by atomic mass is 31.1. The SMILES string of the molecule is Cc1cc2ccccc2c2c1CP(C)CC1C2=c2ccccc2=C[C@H]1C.Cc1cc2ccccc2c2c1CP(C)Cc1c(C)cc3ccccc3c1-2. The van der Waals surface area contributed by atoms with E-state index in [9.17, 15) is 0 Å². The number of rotatable bonds is 0. The molecule has 10 rings (SSSR count). The fourth-order valence-electron chi connectivity index (χ4n) is 9.68. The number of hydrogen-bond donors (Lipinski definition) is 0. The second kappa shape index (κ2) is 13.4. The van der Waals surface area contributed by atoms with E-state index in [1.165, 1.54) is 95.2 Å². The van der Waals surface area contributed by atoms with E-state index in [4.69, 9.17) is 0 Å². The Labute approximate surface area is 311 Å². The Morgan fingerprint density at radius 3 is 1.46 bits per heavy atom. The molecule has 0 saturated heterocycles. The lowest BCUT2D eigenvalue weighted by molar-refractivity contribution is 0.600. The van der Waals surface area contributed by atoms with Crippen molar-refractivity contribution in [1.82, 2.24) is 0 Å². The molecule has 2 aliphatic heterocycles. The quantitative estimate of drug-likeness (QED) is 0.138.